The minimum absolute atomic E-state index is 0.301. The normalized spacial score (nSPS) is 10.3. The monoisotopic (exact) mass is 229 g/mol. The number of nitrogen functional groups attached to an aromatic ring is 1. The van der Waals surface area contributed by atoms with Crippen molar-refractivity contribution in [1.82, 2.24) is 9.97 Å². The van der Waals surface area contributed by atoms with E-state index in [0.29, 0.717) is 5.95 Å². The Morgan fingerprint density at radius 3 is 2.47 bits per heavy atom. The van der Waals surface area contributed by atoms with Crippen molar-refractivity contribution in [3.05, 3.63) is 35.5 Å². The third-order valence-corrected chi connectivity index (χ3v) is 2.58. The van der Waals surface area contributed by atoms with Crippen molar-refractivity contribution in [2.45, 2.75) is 13.8 Å². The summed E-state index contributed by atoms with van der Waals surface area (Å²) in [4.78, 5) is 8.31. The molecule has 0 radical (unpaired) electrons. The van der Waals surface area contributed by atoms with Gasteiger partial charge in [-0.3, -0.25) is 0 Å². The molecule has 2 aromatic rings. The van der Waals surface area contributed by atoms with Crippen LogP contribution in [-0.2, 0) is 0 Å². The van der Waals surface area contributed by atoms with Crippen molar-refractivity contribution in [2.24, 2.45) is 0 Å². The zero-order valence-electron chi connectivity index (χ0n) is 10.2. The number of methoxy groups -OCH3 is 1. The maximum absolute atomic E-state index is 5.66. The summed E-state index contributed by atoms with van der Waals surface area (Å²) in [6, 6.07) is 7.79. The molecular formula is C13H15N3O. The lowest BCUT2D eigenvalue weighted by atomic mass is 10.0. The van der Waals surface area contributed by atoms with Gasteiger partial charge in [0.2, 0.25) is 5.95 Å². The number of anilines is 1. The molecule has 0 fully saturated rings. The maximum Gasteiger partial charge on any atom is 0.220 e. The predicted molar refractivity (Wildman–Crippen MR) is 67.9 cm³/mol. The lowest BCUT2D eigenvalue weighted by molar-refractivity contribution is 0.414. The Bertz CT molecular complexity index is 532. The van der Waals surface area contributed by atoms with Crippen molar-refractivity contribution in [1.29, 1.82) is 0 Å². The molecule has 2 N–H and O–H groups in total. The average molecular weight is 229 g/mol. The standard InChI is InChI=1S/C13H15N3O/c1-8-6-10(17-3)4-5-11(8)12-7-9(2)15-13(14)16-12/h4-7H,1-3H3,(H2,14,15,16). The fourth-order valence-corrected chi connectivity index (χ4v) is 1.78. The van der Waals surface area contributed by atoms with E-state index in [1.807, 2.05) is 38.1 Å². The van der Waals surface area contributed by atoms with Crippen LogP contribution in [0, 0.1) is 13.8 Å². The molecule has 4 heteroatoms. The fourth-order valence-electron chi connectivity index (χ4n) is 1.78. The summed E-state index contributed by atoms with van der Waals surface area (Å²) in [7, 11) is 1.65. The Morgan fingerprint density at radius 1 is 1.12 bits per heavy atom. The molecule has 2 rings (SSSR count). The lowest BCUT2D eigenvalue weighted by Crippen LogP contribution is -1.99. The van der Waals surface area contributed by atoms with E-state index in [-0.39, 0.29) is 0 Å². The van der Waals surface area contributed by atoms with Gasteiger partial charge in [0, 0.05) is 11.3 Å². The first-order valence-electron chi connectivity index (χ1n) is 5.36. The van der Waals surface area contributed by atoms with Gasteiger partial charge in [0.05, 0.1) is 12.8 Å². The van der Waals surface area contributed by atoms with Crippen LogP contribution in [0.1, 0.15) is 11.3 Å². The van der Waals surface area contributed by atoms with E-state index >= 15 is 0 Å². The van der Waals surface area contributed by atoms with Gasteiger partial charge in [-0.25, -0.2) is 9.97 Å². The number of benzene rings is 1. The van der Waals surface area contributed by atoms with Gasteiger partial charge >= 0.3 is 0 Å². The summed E-state index contributed by atoms with van der Waals surface area (Å²) < 4.78 is 5.18. The number of rotatable bonds is 2. The number of nitrogens with two attached hydrogens (primary N) is 1. The van der Waals surface area contributed by atoms with E-state index in [0.717, 1.165) is 28.3 Å². The van der Waals surface area contributed by atoms with Crippen molar-refractivity contribution < 1.29 is 4.74 Å². The lowest BCUT2D eigenvalue weighted by Gasteiger charge is -2.08. The minimum atomic E-state index is 0.301. The molecule has 0 aliphatic carbocycles. The second-order valence-corrected chi connectivity index (χ2v) is 3.93. The topological polar surface area (TPSA) is 61.0 Å². The van der Waals surface area contributed by atoms with Gasteiger partial charge in [-0.2, -0.15) is 0 Å². The molecule has 0 amide bonds. The summed E-state index contributed by atoms with van der Waals surface area (Å²) in [5, 5.41) is 0. The van der Waals surface area contributed by atoms with Crippen LogP contribution in [0.3, 0.4) is 0 Å². The molecule has 0 spiro atoms. The summed E-state index contributed by atoms with van der Waals surface area (Å²) in [5.74, 6) is 1.14. The van der Waals surface area contributed by atoms with E-state index in [2.05, 4.69) is 9.97 Å². The van der Waals surface area contributed by atoms with Crippen LogP contribution >= 0.6 is 0 Å². The van der Waals surface area contributed by atoms with Gasteiger partial charge in [0.15, 0.2) is 0 Å². The van der Waals surface area contributed by atoms with Crippen molar-refractivity contribution in [2.75, 3.05) is 12.8 Å². The molecule has 0 atom stereocenters. The van der Waals surface area contributed by atoms with Crippen LogP contribution in [-0.4, -0.2) is 17.1 Å². The number of aromatic nitrogens is 2. The van der Waals surface area contributed by atoms with Crippen LogP contribution in [0.2, 0.25) is 0 Å². The molecule has 0 saturated carbocycles. The summed E-state index contributed by atoms with van der Waals surface area (Å²) in [6.07, 6.45) is 0. The highest BCUT2D eigenvalue weighted by Gasteiger charge is 2.06. The number of aryl methyl sites for hydroxylation is 2. The molecule has 1 aromatic heterocycles. The van der Waals surface area contributed by atoms with Crippen LogP contribution in [0.15, 0.2) is 24.3 Å². The summed E-state index contributed by atoms with van der Waals surface area (Å²) in [6.45, 7) is 3.92. The van der Waals surface area contributed by atoms with Crippen LogP contribution in [0.25, 0.3) is 11.3 Å². The molecule has 0 unspecified atom stereocenters. The Balaban J connectivity index is 2.52. The number of hydrogen-bond donors (Lipinski definition) is 1. The fraction of sp³-hybridized carbons (Fsp3) is 0.231. The molecule has 17 heavy (non-hydrogen) atoms. The SMILES string of the molecule is COc1ccc(-c2cc(C)nc(N)n2)c(C)c1. The highest BCUT2D eigenvalue weighted by atomic mass is 16.5. The first-order valence-corrected chi connectivity index (χ1v) is 5.36. The van der Waals surface area contributed by atoms with E-state index in [9.17, 15) is 0 Å². The highest BCUT2D eigenvalue weighted by molar-refractivity contribution is 5.65. The first kappa shape index (κ1) is 11.4. The van der Waals surface area contributed by atoms with E-state index < -0.39 is 0 Å². The average Bonchev–Trinajstić information content (AvgIpc) is 2.27. The Labute approximate surface area is 100 Å². The Hall–Kier alpha value is -2.10. The predicted octanol–water partition coefficient (Wildman–Crippen LogP) is 2.35. The molecule has 4 nitrogen and oxygen atoms in total. The zero-order chi connectivity index (χ0) is 12.4. The Kier molecular flexibility index (Phi) is 2.95. The minimum Gasteiger partial charge on any atom is -0.497 e. The molecule has 1 aromatic carbocycles. The molecule has 88 valence electrons. The van der Waals surface area contributed by atoms with Crippen LogP contribution in [0.5, 0.6) is 5.75 Å². The maximum atomic E-state index is 5.66. The first-order chi connectivity index (χ1) is 8.10. The third-order valence-electron chi connectivity index (χ3n) is 2.58. The smallest absolute Gasteiger partial charge is 0.220 e. The second kappa shape index (κ2) is 4.41. The molecule has 0 aliphatic rings. The third kappa shape index (κ3) is 2.36. The van der Waals surface area contributed by atoms with E-state index in [1.165, 1.54) is 0 Å². The van der Waals surface area contributed by atoms with Gasteiger partial charge in [-0.1, -0.05) is 0 Å². The van der Waals surface area contributed by atoms with E-state index in [4.69, 9.17) is 10.5 Å². The largest absolute Gasteiger partial charge is 0.497 e. The van der Waals surface area contributed by atoms with Gasteiger partial charge in [0.25, 0.3) is 0 Å². The van der Waals surface area contributed by atoms with Gasteiger partial charge < -0.3 is 10.5 Å². The van der Waals surface area contributed by atoms with Gasteiger partial charge in [0.1, 0.15) is 5.75 Å². The van der Waals surface area contributed by atoms with Crippen LogP contribution < -0.4 is 10.5 Å². The van der Waals surface area contributed by atoms with Crippen LogP contribution in [0.4, 0.5) is 5.95 Å². The van der Waals surface area contributed by atoms with Crippen molar-refractivity contribution >= 4 is 5.95 Å². The van der Waals surface area contributed by atoms with Gasteiger partial charge in [-0.05, 0) is 43.7 Å². The number of hydrogen-bond acceptors (Lipinski definition) is 4. The summed E-state index contributed by atoms with van der Waals surface area (Å²) in [5.41, 5.74) is 9.51. The summed E-state index contributed by atoms with van der Waals surface area (Å²) >= 11 is 0. The molecule has 0 aliphatic heterocycles. The molecule has 0 saturated heterocycles. The van der Waals surface area contributed by atoms with E-state index in [1.54, 1.807) is 7.11 Å². The van der Waals surface area contributed by atoms with Crippen molar-refractivity contribution in [3.63, 3.8) is 0 Å². The molecule has 0 bridgehead atoms. The van der Waals surface area contributed by atoms with Gasteiger partial charge in [-0.15, -0.1) is 0 Å². The number of ether oxygens (including phenoxy) is 1. The Morgan fingerprint density at radius 2 is 1.88 bits per heavy atom. The number of nitrogens with zero attached hydrogens (tertiary/aromatic N) is 2. The second-order valence-electron chi connectivity index (χ2n) is 3.93. The highest BCUT2D eigenvalue weighted by Crippen LogP contribution is 2.26. The van der Waals surface area contributed by atoms with Crippen molar-refractivity contribution in [3.8, 4) is 17.0 Å². The molecule has 1 heterocycles. The quantitative estimate of drug-likeness (QED) is 0.858. The zero-order valence-corrected chi connectivity index (χ0v) is 10.2. The molecular weight excluding hydrogens is 214 g/mol.